The van der Waals surface area contributed by atoms with Gasteiger partial charge in [0.1, 0.15) is 0 Å². The average molecular weight is 234 g/mol. The molecule has 1 rings (SSSR count). The Morgan fingerprint density at radius 2 is 1.81 bits per heavy atom. The van der Waals surface area contributed by atoms with Crippen molar-refractivity contribution in [3.05, 3.63) is 29.1 Å². The summed E-state index contributed by atoms with van der Waals surface area (Å²) in [4.78, 5) is 21.3. The van der Waals surface area contributed by atoms with Crippen molar-refractivity contribution in [2.75, 3.05) is 7.11 Å². The van der Waals surface area contributed by atoms with Crippen molar-refractivity contribution < 1.29 is 32.6 Å². The highest BCUT2D eigenvalue weighted by Gasteiger charge is 2.26. The molecule has 0 atom stereocenters. The lowest BCUT2D eigenvalue weighted by molar-refractivity contribution is -0.131. The largest absolute Gasteiger partial charge is 0.493 e. The number of aliphatic carboxylic acids is 1. The summed E-state index contributed by atoms with van der Waals surface area (Å²) in [6.45, 7) is 0. The molecule has 0 aliphatic carbocycles. The summed E-state index contributed by atoms with van der Waals surface area (Å²) in [6, 6.07) is 0.272. The summed E-state index contributed by atoms with van der Waals surface area (Å²) in [7, 11) is 0.897. The van der Waals surface area contributed by atoms with Crippen molar-refractivity contribution in [1.29, 1.82) is 0 Å². The monoisotopic (exact) mass is 234 g/mol. The van der Waals surface area contributed by atoms with Gasteiger partial charge in [0.05, 0.1) is 12.7 Å². The van der Waals surface area contributed by atoms with E-state index in [0.717, 1.165) is 7.11 Å². The van der Waals surface area contributed by atoms with Crippen LogP contribution in [0.1, 0.15) is 10.4 Å². The molecule has 0 radical (unpaired) electrons. The zero-order valence-corrected chi connectivity index (χ0v) is 7.88. The van der Waals surface area contributed by atoms with E-state index in [2.05, 4.69) is 4.74 Å². The van der Waals surface area contributed by atoms with E-state index in [-0.39, 0.29) is 6.07 Å². The van der Waals surface area contributed by atoms with Crippen LogP contribution in [-0.2, 0) is 4.79 Å². The summed E-state index contributed by atoms with van der Waals surface area (Å²) in [6.07, 6.45) is 0. The van der Waals surface area contributed by atoms with Gasteiger partial charge in [-0.3, -0.25) is 4.79 Å². The second-order valence-corrected chi connectivity index (χ2v) is 2.70. The minimum atomic E-state index is -1.93. The fraction of sp³-hybridized carbons (Fsp3) is 0.111. The van der Waals surface area contributed by atoms with Crippen LogP contribution in [0.25, 0.3) is 0 Å². The Balaban J connectivity index is 3.51. The zero-order valence-electron chi connectivity index (χ0n) is 7.88. The minimum Gasteiger partial charge on any atom is -0.493 e. The van der Waals surface area contributed by atoms with Gasteiger partial charge >= 0.3 is 5.97 Å². The standard InChI is InChI=1S/C9H5F3O4/c1-16-8-3(7(13)9(14)15)2-4(10)5(11)6(8)12/h2H,1H3,(H,14,15). The number of carbonyl (C=O) groups excluding carboxylic acids is 1. The zero-order chi connectivity index (χ0) is 12.5. The molecule has 0 aliphatic heterocycles. The number of hydrogen-bond donors (Lipinski definition) is 1. The summed E-state index contributed by atoms with van der Waals surface area (Å²) >= 11 is 0. The van der Waals surface area contributed by atoms with Gasteiger partial charge in [-0.1, -0.05) is 0 Å². The third kappa shape index (κ3) is 1.83. The number of carbonyl (C=O) groups is 2. The Bertz CT molecular complexity index is 470. The molecule has 0 bridgehead atoms. The van der Waals surface area contributed by atoms with Crippen LogP contribution >= 0.6 is 0 Å². The minimum absolute atomic E-state index is 0.272. The fourth-order valence-corrected chi connectivity index (χ4v) is 1.06. The number of rotatable bonds is 3. The molecule has 4 nitrogen and oxygen atoms in total. The molecule has 0 spiro atoms. The maximum Gasteiger partial charge on any atom is 0.377 e. The molecular formula is C9H5F3O4. The topological polar surface area (TPSA) is 63.6 Å². The second-order valence-electron chi connectivity index (χ2n) is 2.70. The maximum atomic E-state index is 13.1. The number of methoxy groups -OCH3 is 1. The van der Waals surface area contributed by atoms with Crippen LogP contribution < -0.4 is 4.74 Å². The average Bonchev–Trinajstić information content (AvgIpc) is 2.24. The van der Waals surface area contributed by atoms with Gasteiger partial charge in [0.2, 0.25) is 5.82 Å². The summed E-state index contributed by atoms with van der Waals surface area (Å²) in [5, 5.41) is 8.36. The highest BCUT2D eigenvalue weighted by molar-refractivity contribution is 6.40. The first-order chi connectivity index (χ1) is 7.40. The quantitative estimate of drug-likeness (QED) is 0.487. The van der Waals surface area contributed by atoms with Crippen LogP contribution in [-0.4, -0.2) is 24.0 Å². The van der Waals surface area contributed by atoms with Crippen molar-refractivity contribution in [2.45, 2.75) is 0 Å². The molecule has 0 saturated heterocycles. The molecule has 0 aliphatic rings. The molecular weight excluding hydrogens is 229 g/mol. The number of ketones is 1. The van der Waals surface area contributed by atoms with Crippen LogP contribution in [0.2, 0.25) is 0 Å². The molecule has 86 valence electrons. The third-order valence-electron chi connectivity index (χ3n) is 1.76. The van der Waals surface area contributed by atoms with E-state index in [1.165, 1.54) is 0 Å². The van der Waals surface area contributed by atoms with Crippen molar-refractivity contribution in [2.24, 2.45) is 0 Å². The smallest absolute Gasteiger partial charge is 0.377 e. The lowest BCUT2D eigenvalue weighted by atomic mass is 10.1. The highest BCUT2D eigenvalue weighted by atomic mass is 19.2. The first kappa shape index (κ1) is 12.0. The first-order valence-electron chi connectivity index (χ1n) is 3.89. The molecule has 0 saturated carbocycles. The van der Waals surface area contributed by atoms with Crippen LogP contribution in [0.5, 0.6) is 5.75 Å². The van der Waals surface area contributed by atoms with Crippen LogP contribution in [0.15, 0.2) is 6.07 Å². The Kier molecular flexibility index (Phi) is 3.17. The summed E-state index contributed by atoms with van der Waals surface area (Å²) in [5.74, 6) is -9.70. The number of Topliss-reactive ketones (excluding diaryl/α,β-unsaturated/α-hetero) is 1. The number of carboxylic acid groups (broad SMARTS) is 1. The number of ether oxygens (including phenoxy) is 1. The predicted octanol–water partition coefficient (Wildman–Crippen LogP) is 1.38. The lowest BCUT2D eigenvalue weighted by Crippen LogP contribution is -2.15. The van der Waals surface area contributed by atoms with Crippen molar-refractivity contribution in [1.82, 2.24) is 0 Å². The van der Waals surface area contributed by atoms with Crippen LogP contribution in [0, 0.1) is 17.5 Å². The Labute approximate surface area is 87.3 Å². The summed E-state index contributed by atoms with van der Waals surface area (Å²) in [5.41, 5.74) is -0.883. The predicted molar refractivity (Wildman–Crippen MR) is 44.8 cm³/mol. The van der Waals surface area contributed by atoms with Gasteiger partial charge in [0.25, 0.3) is 5.78 Å². The molecule has 0 aromatic heterocycles. The van der Waals surface area contributed by atoms with Gasteiger partial charge in [-0.2, -0.15) is 4.39 Å². The lowest BCUT2D eigenvalue weighted by Gasteiger charge is -2.07. The molecule has 1 aromatic carbocycles. The SMILES string of the molecule is COc1c(C(=O)C(=O)O)cc(F)c(F)c1F. The molecule has 0 amide bonds. The van der Waals surface area contributed by atoms with E-state index in [1.807, 2.05) is 0 Å². The van der Waals surface area contributed by atoms with Gasteiger partial charge in [0, 0.05) is 0 Å². The fourth-order valence-electron chi connectivity index (χ4n) is 1.06. The van der Waals surface area contributed by atoms with E-state index in [1.54, 1.807) is 0 Å². The van der Waals surface area contributed by atoms with E-state index >= 15 is 0 Å². The van der Waals surface area contributed by atoms with Crippen molar-refractivity contribution >= 4 is 11.8 Å². The second kappa shape index (κ2) is 4.21. The number of halogens is 3. The van der Waals surface area contributed by atoms with Gasteiger partial charge in [-0.15, -0.1) is 0 Å². The Morgan fingerprint density at radius 1 is 1.25 bits per heavy atom. The highest BCUT2D eigenvalue weighted by Crippen LogP contribution is 2.27. The number of hydrogen-bond acceptors (Lipinski definition) is 3. The third-order valence-corrected chi connectivity index (χ3v) is 1.76. The molecule has 16 heavy (non-hydrogen) atoms. The molecule has 0 unspecified atom stereocenters. The van der Waals surface area contributed by atoms with E-state index < -0.39 is 40.5 Å². The first-order valence-corrected chi connectivity index (χ1v) is 3.89. The maximum absolute atomic E-state index is 13.1. The van der Waals surface area contributed by atoms with E-state index in [9.17, 15) is 22.8 Å². The van der Waals surface area contributed by atoms with Gasteiger partial charge < -0.3 is 9.84 Å². The number of benzene rings is 1. The van der Waals surface area contributed by atoms with Crippen LogP contribution in [0.4, 0.5) is 13.2 Å². The molecule has 0 fully saturated rings. The Hall–Kier alpha value is -2.05. The number of carboxylic acids is 1. The summed E-state index contributed by atoms with van der Waals surface area (Å²) < 4.78 is 42.9. The van der Waals surface area contributed by atoms with Crippen molar-refractivity contribution in [3.63, 3.8) is 0 Å². The molecule has 1 N–H and O–H groups in total. The normalized spacial score (nSPS) is 10.0. The van der Waals surface area contributed by atoms with Gasteiger partial charge in [0.15, 0.2) is 17.4 Å². The van der Waals surface area contributed by atoms with E-state index in [4.69, 9.17) is 5.11 Å². The molecule has 1 aromatic rings. The van der Waals surface area contributed by atoms with Crippen LogP contribution in [0.3, 0.4) is 0 Å². The molecule has 7 heteroatoms. The van der Waals surface area contributed by atoms with Gasteiger partial charge in [-0.25, -0.2) is 13.6 Å². The van der Waals surface area contributed by atoms with E-state index in [0.29, 0.717) is 0 Å². The van der Waals surface area contributed by atoms with Gasteiger partial charge in [-0.05, 0) is 6.07 Å². The van der Waals surface area contributed by atoms with Crippen molar-refractivity contribution in [3.8, 4) is 5.75 Å². The Morgan fingerprint density at radius 3 is 2.25 bits per heavy atom. The molecule has 0 heterocycles.